The number of hydrogen-bond donors (Lipinski definition) is 8. The van der Waals surface area contributed by atoms with E-state index in [0.29, 0.717) is 31.8 Å². The highest BCUT2D eigenvalue weighted by molar-refractivity contribution is 5.35. The Morgan fingerprint density at radius 3 is 2.20 bits per heavy atom. The van der Waals surface area contributed by atoms with Crippen molar-refractivity contribution in [3.8, 4) is 0 Å². The summed E-state index contributed by atoms with van der Waals surface area (Å²) < 4.78 is 44.7. The molecule has 5 aliphatic heterocycles. The molecular weight excluding hydrogens is 732 g/mol. The summed E-state index contributed by atoms with van der Waals surface area (Å²) in [5, 5.41) is 86.1. The fraction of sp³-hybridized carbons (Fsp3) is 0.951. The third-order valence-corrected chi connectivity index (χ3v) is 17.1. The van der Waals surface area contributed by atoms with Crippen LogP contribution in [0.15, 0.2) is 11.6 Å². The molecule has 23 atom stereocenters. The first-order chi connectivity index (χ1) is 26.5. The van der Waals surface area contributed by atoms with Crippen molar-refractivity contribution in [1.29, 1.82) is 0 Å². The summed E-state index contributed by atoms with van der Waals surface area (Å²) in [5.74, 6) is -0.427. The van der Waals surface area contributed by atoms with Crippen molar-refractivity contribution in [2.24, 2.45) is 40.4 Å². The number of hydrogen-bond acceptors (Lipinski definition) is 15. The normalized spacial score (nSPS) is 60.1. The largest absolute Gasteiger partial charge is 0.394 e. The van der Waals surface area contributed by atoms with Crippen LogP contribution in [0.2, 0.25) is 0 Å². The van der Waals surface area contributed by atoms with Crippen LogP contribution in [0.5, 0.6) is 0 Å². The molecule has 9 rings (SSSR count). The van der Waals surface area contributed by atoms with Gasteiger partial charge in [-0.15, -0.1) is 0 Å². The number of aliphatic hydroxyl groups excluding tert-OH is 7. The second-order valence-electron chi connectivity index (χ2n) is 19.5. The zero-order chi connectivity index (χ0) is 39.9. The van der Waals surface area contributed by atoms with Gasteiger partial charge in [0.1, 0.15) is 54.4 Å². The number of allylic oxidation sites excluding steroid dienone is 2. The highest BCUT2D eigenvalue weighted by Gasteiger charge is 2.82. The van der Waals surface area contributed by atoms with E-state index in [1.807, 2.05) is 0 Å². The van der Waals surface area contributed by atoms with Gasteiger partial charge >= 0.3 is 0 Å². The van der Waals surface area contributed by atoms with Gasteiger partial charge in [0.15, 0.2) is 18.4 Å². The lowest BCUT2D eigenvalue weighted by atomic mass is 9.47. The van der Waals surface area contributed by atoms with E-state index in [1.165, 1.54) is 5.57 Å². The Kier molecular flexibility index (Phi) is 10.0. The number of fused-ring (bicyclic) bond motifs is 7. The van der Waals surface area contributed by atoms with Crippen LogP contribution in [0, 0.1) is 40.4 Å². The highest BCUT2D eigenvalue weighted by Crippen LogP contribution is 2.74. The number of rotatable bonds is 7. The third kappa shape index (κ3) is 5.36. The minimum Gasteiger partial charge on any atom is -0.394 e. The van der Waals surface area contributed by atoms with Crippen LogP contribution < -0.4 is 0 Å². The van der Waals surface area contributed by atoms with Crippen LogP contribution in [-0.2, 0) is 33.2 Å². The monoisotopic (exact) mass is 796 g/mol. The lowest BCUT2D eigenvalue weighted by molar-refractivity contribution is -0.403. The van der Waals surface area contributed by atoms with Gasteiger partial charge in [-0.2, -0.15) is 0 Å². The quantitative estimate of drug-likeness (QED) is 0.162. The fourth-order valence-electron chi connectivity index (χ4n) is 13.8. The van der Waals surface area contributed by atoms with Gasteiger partial charge < -0.3 is 74.0 Å². The van der Waals surface area contributed by atoms with Crippen LogP contribution in [-0.4, -0.2) is 157 Å². The van der Waals surface area contributed by atoms with Crippen molar-refractivity contribution in [2.75, 3.05) is 19.8 Å². The molecule has 0 amide bonds. The van der Waals surface area contributed by atoms with Gasteiger partial charge in [-0.05, 0) is 75.0 Å². The topological polar surface area (TPSA) is 226 Å². The molecule has 0 radical (unpaired) electrons. The maximum atomic E-state index is 13.1. The molecular formula is C41H64O15. The van der Waals surface area contributed by atoms with Gasteiger partial charge in [0.05, 0.1) is 43.7 Å². The Labute approximate surface area is 328 Å². The van der Waals surface area contributed by atoms with Gasteiger partial charge in [-0.3, -0.25) is 0 Å². The fourth-order valence-corrected chi connectivity index (χ4v) is 13.8. The minimum absolute atomic E-state index is 0.0485. The molecule has 1 spiro atoms. The molecule has 5 saturated heterocycles. The van der Waals surface area contributed by atoms with Gasteiger partial charge in [0.2, 0.25) is 0 Å². The summed E-state index contributed by atoms with van der Waals surface area (Å²) in [5.41, 5.74) is -0.769. The van der Waals surface area contributed by atoms with Crippen molar-refractivity contribution in [1.82, 2.24) is 0 Å². The maximum Gasteiger partial charge on any atom is 0.199 e. The highest BCUT2D eigenvalue weighted by atomic mass is 16.8. The van der Waals surface area contributed by atoms with E-state index in [1.54, 1.807) is 0 Å². The number of ether oxygens (including phenoxy) is 7. The summed E-state index contributed by atoms with van der Waals surface area (Å²) in [7, 11) is 0. The van der Waals surface area contributed by atoms with E-state index < -0.39 is 97.0 Å². The van der Waals surface area contributed by atoms with Crippen molar-refractivity contribution >= 4 is 0 Å². The summed E-state index contributed by atoms with van der Waals surface area (Å²) >= 11 is 0. The van der Waals surface area contributed by atoms with Crippen LogP contribution >= 0.6 is 0 Å². The van der Waals surface area contributed by atoms with Gasteiger partial charge in [0, 0.05) is 23.7 Å². The molecule has 0 aromatic carbocycles. The summed E-state index contributed by atoms with van der Waals surface area (Å²) in [4.78, 5) is 0. The zero-order valence-corrected chi connectivity index (χ0v) is 33.2. The van der Waals surface area contributed by atoms with Crippen LogP contribution in [0.4, 0.5) is 0 Å². The van der Waals surface area contributed by atoms with E-state index in [0.717, 1.165) is 32.1 Å². The standard InChI is InChI=1S/C41H64O15/c1-6-22-33-32-18(2)41(49)38(4)12-10-23-21(24(38)14-40(41,56-33)50-17-39(22,5)55-32)8-7-19-13-20(9-11-37(19,23)3)51-36-34(30(47)28(45)26(16-43)53-36)54-35-31(48)29(46)27(44)25(15-42)52-35/h8,18-20,22-36,42-49H,6-7,9-17H2,1-5H3/t18-,19-,20-,22+,23+,24+,25-,26-,27-,28-,29+,30+,31-,32+,33+,34-,35+,36-,37+,38+,39-,40+,41+/m1/s1. The summed E-state index contributed by atoms with van der Waals surface area (Å²) in [6.45, 7) is 10.3. The molecule has 0 aromatic heterocycles. The van der Waals surface area contributed by atoms with Gasteiger partial charge in [-0.1, -0.05) is 39.3 Å². The van der Waals surface area contributed by atoms with E-state index in [4.69, 9.17) is 33.2 Å². The van der Waals surface area contributed by atoms with Crippen LogP contribution in [0.25, 0.3) is 0 Å². The second kappa shape index (κ2) is 13.8. The molecule has 5 heterocycles. The molecule has 4 aliphatic carbocycles. The molecule has 0 unspecified atom stereocenters. The van der Waals surface area contributed by atoms with Gasteiger partial charge in [-0.25, -0.2) is 0 Å². The first kappa shape index (κ1) is 40.5. The average Bonchev–Trinajstić information content (AvgIpc) is 3.53. The Morgan fingerprint density at radius 2 is 1.50 bits per heavy atom. The van der Waals surface area contributed by atoms with Gasteiger partial charge in [0.25, 0.3) is 0 Å². The first-order valence-electron chi connectivity index (χ1n) is 21.2. The van der Waals surface area contributed by atoms with E-state index in [2.05, 4.69) is 40.7 Å². The zero-order valence-electron chi connectivity index (χ0n) is 33.2. The average molecular weight is 797 g/mol. The molecule has 15 nitrogen and oxygen atoms in total. The van der Waals surface area contributed by atoms with E-state index in [9.17, 15) is 40.9 Å². The molecule has 318 valence electrons. The van der Waals surface area contributed by atoms with Crippen molar-refractivity contribution < 1.29 is 74.0 Å². The lowest BCUT2D eigenvalue weighted by Gasteiger charge is -2.61. The SMILES string of the molecule is CC[C@H]1[C@@H]2O[C@@]34C[C@H]5C6=CC[C@@H]7C[C@H](O[C@@H]8O[C@H](CO)[C@@H](O)[C@H](O)[C@H]8O[C@@H]8O[C@H](CO)[C@@H](O)[C@H](O)[C@H]8O)CC[C@]7(C)[C@H]6CC[C@]5(C)[C@@]3(O)[C@H](C)[C@@H]2O[C@]1(C)CO4. The number of aliphatic hydroxyl groups is 8. The maximum absolute atomic E-state index is 13.1. The molecule has 0 aromatic rings. The smallest absolute Gasteiger partial charge is 0.199 e. The molecule has 8 fully saturated rings. The molecule has 56 heavy (non-hydrogen) atoms. The lowest BCUT2D eigenvalue weighted by Crippen LogP contribution is -2.72. The molecule has 8 N–H and O–H groups in total. The Bertz CT molecular complexity index is 1530. The molecule has 3 saturated carbocycles. The first-order valence-corrected chi connectivity index (χ1v) is 21.2. The van der Waals surface area contributed by atoms with Crippen molar-refractivity contribution in [3.63, 3.8) is 0 Å². The Morgan fingerprint density at radius 1 is 0.804 bits per heavy atom. The van der Waals surface area contributed by atoms with E-state index >= 15 is 0 Å². The molecule has 15 heteroatoms. The van der Waals surface area contributed by atoms with Crippen LogP contribution in [0.1, 0.15) is 86.0 Å². The third-order valence-electron chi connectivity index (χ3n) is 17.1. The Hall–Kier alpha value is -0.860. The summed E-state index contributed by atoms with van der Waals surface area (Å²) in [6.07, 6.45) is -6.86. The second-order valence-corrected chi connectivity index (χ2v) is 19.5. The predicted molar refractivity (Wildman–Crippen MR) is 193 cm³/mol. The van der Waals surface area contributed by atoms with Crippen molar-refractivity contribution in [3.05, 3.63) is 11.6 Å². The predicted octanol–water partition coefficient (Wildman–Crippen LogP) is 0.245. The summed E-state index contributed by atoms with van der Waals surface area (Å²) in [6, 6.07) is 0. The van der Waals surface area contributed by atoms with Crippen LogP contribution in [0.3, 0.4) is 0 Å². The molecule has 9 aliphatic rings. The Balaban J connectivity index is 0.942. The van der Waals surface area contributed by atoms with E-state index in [-0.39, 0.29) is 47.4 Å². The molecule has 3 bridgehead atoms. The minimum atomic E-state index is -1.74. The van der Waals surface area contributed by atoms with Crippen molar-refractivity contribution in [2.45, 2.75) is 183 Å².